The average Bonchev–Trinajstić information content (AvgIpc) is 2.56. The molecular weight excluding hydrogens is 318 g/mol. The Hall–Kier alpha value is -2.24. The van der Waals surface area contributed by atoms with Crippen LogP contribution in [0.5, 0.6) is 11.5 Å². The first-order valence-corrected chi connectivity index (χ1v) is 7.27. The van der Waals surface area contributed by atoms with Crippen LogP contribution in [-0.4, -0.2) is 27.2 Å². The SMILES string of the molecule is COCc1cccc(C(=O)Nc2cc(OC)c(OC)cc2Cl)c1. The zero-order chi connectivity index (χ0) is 16.8. The van der Waals surface area contributed by atoms with Crippen molar-refractivity contribution in [1.29, 1.82) is 0 Å². The van der Waals surface area contributed by atoms with Crippen LogP contribution in [-0.2, 0) is 11.3 Å². The molecule has 0 aliphatic carbocycles. The molecule has 0 atom stereocenters. The summed E-state index contributed by atoms with van der Waals surface area (Å²) in [4.78, 5) is 12.4. The average molecular weight is 336 g/mol. The molecule has 0 unspecified atom stereocenters. The number of carbonyl (C=O) groups is 1. The quantitative estimate of drug-likeness (QED) is 0.873. The minimum atomic E-state index is -0.267. The molecule has 0 bridgehead atoms. The van der Waals surface area contributed by atoms with E-state index in [4.69, 9.17) is 25.8 Å². The molecule has 2 aromatic rings. The first kappa shape index (κ1) is 17.1. The van der Waals surface area contributed by atoms with E-state index < -0.39 is 0 Å². The van der Waals surface area contributed by atoms with Gasteiger partial charge in [-0.3, -0.25) is 4.79 Å². The molecule has 122 valence electrons. The highest BCUT2D eigenvalue weighted by molar-refractivity contribution is 6.34. The lowest BCUT2D eigenvalue weighted by Gasteiger charge is -2.13. The molecule has 0 saturated heterocycles. The smallest absolute Gasteiger partial charge is 0.255 e. The molecule has 0 aromatic heterocycles. The van der Waals surface area contributed by atoms with Gasteiger partial charge in [0, 0.05) is 24.8 Å². The molecular formula is C17H18ClNO4. The molecule has 0 heterocycles. The molecule has 0 radical (unpaired) electrons. The summed E-state index contributed by atoms with van der Waals surface area (Å²) in [6, 6.07) is 10.4. The maximum absolute atomic E-state index is 12.4. The second-order valence-electron chi connectivity index (χ2n) is 4.77. The Morgan fingerprint density at radius 3 is 2.43 bits per heavy atom. The van der Waals surface area contributed by atoms with Crippen molar-refractivity contribution in [2.75, 3.05) is 26.6 Å². The van der Waals surface area contributed by atoms with E-state index in [2.05, 4.69) is 5.32 Å². The Labute approximate surface area is 140 Å². The third kappa shape index (κ3) is 4.15. The Balaban J connectivity index is 2.24. The van der Waals surface area contributed by atoms with Crippen LogP contribution >= 0.6 is 11.6 Å². The Bertz CT molecular complexity index is 703. The van der Waals surface area contributed by atoms with E-state index in [0.717, 1.165) is 5.56 Å². The minimum Gasteiger partial charge on any atom is -0.493 e. The number of benzene rings is 2. The van der Waals surface area contributed by atoms with Gasteiger partial charge in [0.2, 0.25) is 0 Å². The van der Waals surface area contributed by atoms with Crippen LogP contribution in [0.1, 0.15) is 15.9 Å². The second kappa shape index (κ2) is 7.85. The standard InChI is InChI=1S/C17H18ClNO4/c1-21-10-11-5-4-6-12(7-11)17(20)19-14-9-16(23-3)15(22-2)8-13(14)18/h4-9H,10H2,1-3H3,(H,19,20). The fourth-order valence-electron chi connectivity index (χ4n) is 2.11. The van der Waals surface area contributed by atoms with Gasteiger partial charge < -0.3 is 19.5 Å². The number of amides is 1. The highest BCUT2D eigenvalue weighted by Crippen LogP contribution is 2.36. The number of hydrogen-bond acceptors (Lipinski definition) is 4. The van der Waals surface area contributed by atoms with Gasteiger partial charge in [-0.1, -0.05) is 23.7 Å². The molecule has 0 aliphatic heterocycles. The van der Waals surface area contributed by atoms with Crippen LogP contribution in [0, 0.1) is 0 Å². The maximum Gasteiger partial charge on any atom is 0.255 e. The number of hydrogen-bond donors (Lipinski definition) is 1. The van der Waals surface area contributed by atoms with E-state index >= 15 is 0 Å². The van der Waals surface area contributed by atoms with Gasteiger partial charge in [-0.05, 0) is 17.7 Å². The lowest BCUT2D eigenvalue weighted by Crippen LogP contribution is -2.12. The van der Waals surface area contributed by atoms with Crippen LogP contribution in [0.2, 0.25) is 5.02 Å². The molecule has 0 aliphatic rings. The lowest BCUT2D eigenvalue weighted by molar-refractivity contribution is 0.102. The summed E-state index contributed by atoms with van der Waals surface area (Å²) >= 11 is 6.18. The predicted molar refractivity (Wildman–Crippen MR) is 89.7 cm³/mol. The van der Waals surface area contributed by atoms with Crippen molar-refractivity contribution in [3.8, 4) is 11.5 Å². The fraction of sp³-hybridized carbons (Fsp3) is 0.235. The number of methoxy groups -OCH3 is 3. The van der Waals surface area contributed by atoms with E-state index in [1.54, 1.807) is 37.4 Å². The Morgan fingerprint density at radius 2 is 1.78 bits per heavy atom. The highest BCUT2D eigenvalue weighted by Gasteiger charge is 2.13. The molecule has 2 aromatic carbocycles. The summed E-state index contributed by atoms with van der Waals surface area (Å²) < 4.78 is 15.5. The molecule has 0 spiro atoms. The summed E-state index contributed by atoms with van der Waals surface area (Å²) in [6.45, 7) is 0.443. The van der Waals surface area contributed by atoms with E-state index in [-0.39, 0.29) is 5.91 Å². The van der Waals surface area contributed by atoms with Gasteiger partial charge in [-0.15, -0.1) is 0 Å². The lowest BCUT2D eigenvalue weighted by atomic mass is 10.1. The third-order valence-electron chi connectivity index (χ3n) is 3.22. The molecule has 0 saturated carbocycles. The van der Waals surface area contributed by atoms with Crippen LogP contribution < -0.4 is 14.8 Å². The van der Waals surface area contributed by atoms with Crippen molar-refractivity contribution in [1.82, 2.24) is 0 Å². The van der Waals surface area contributed by atoms with Gasteiger partial charge >= 0.3 is 0 Å². The molecule has 0 fully saturated rings. The summed E-state index contributed by atoms with van der Waals surface area (Å²) in [6.07, 6.45) is 0. The number of nitrogens with one attached hydrogen (secondary N) is 1. The van der Waals surface area contributed by atoms with Crippen molar-refractivity contribution in [2.24, 2.45) is 0 Å². The van der Waals surface area contributed by atoms with Crippen molar-refractivity contribution < 1.29 is 19.0 Å². The second-order valence-corrected chi connectivity index (χ2v) is 5.18. The van der Waals surface area contributed by atoms with Gasteiger partial charge in [0.1, 0.15) is 0 Å². The Morgan fingerprint density at radius 1 is 1.09 bits per heavy atom. The Kier molecular flexibility index (Phi) is 5.84. The monoisotopic (exact) mass is 335 g/mol. The molecule has 5 nitrogen and oxygen atoms in total. The number of rotatable bonds is 6. The largest absolute Gasteiger partial charge is 0.493 e. The van der Waals surface area contributed by atoms with Crippen LogP contribution in [0.25, 0.3) is 0 Å². The zero-order valence-corrected chi connectivity index (χ0v) is 13.9. The number of halogens is 1. The molecule has 6 heteroatoms. The number of ether oxygens (including phenoxy) is 3. The van der Waals surface area contributed by atoms with E-state index in [1.165, 1.54) is 14.2 Å². The molecule has 2 rings (SSSR count). The van der Waals surface area contributed by atoms with E-state index in [1.807, 2.05) is 6.07 Å². The van der Waals surface area contributed by atoms with Gasteiger partial charge in [-0.2, -0.15) is 0 Å². The minimum absolute atomic E-state index is 0.267. The predicted octanol–water partition coefficient (Wildman–Crippen LogP) is 3.76. The third-order valence-corrected chi connectivity index (χ3v) is 3.53. The zero-order valence-electron chi connectivity index (χ0n) is 13.2. The first-order chi connectivity index (χ1) is 11.1. The molecule has 23 heavy (non-hydrogen) atoms. The maximum atomic E-state index is 12.4. The van der Waals surface area contributed by atoms with E-state index in [0.29, 0.717) is 34.4 Å². The summed E-state index contributed by atoms with van der Waals surface area (Å²) in [5, 5.41) is 3.14. The van der Waals surface area contributed by atoms with Gasteiger partial charge in [-0.25, -0.2) is 0 Å². The van der Waals surface area contributed by atoms with Crippen molar-refractivity contribution >= 4 is 23.2 Å². The topological polar surface area (TPSA) is 56.8 Å². The van der Waals surface area contributed by atoms with Gasteiger partial charge in [0.25, 0.3) is 5.91 Å². The van der Waals surface area contributed by atoms with Gasteiger partial charge in [0.05, 0.1) is 31.5 Å². The number of anilines is 1. The van der Waals surface area contributed by atoms with Crippen LogP contribution in [0.15, 0.2) is 36.4 Å². The number of carbonyl (C=O) groups excluding carboxylic acids is 1. The van der Waals surface area contributed by atoms with Crippen LogP contribution in [0.4, 0.5) is 5.69 Å². The van der Waals surface area contributed by atoms with Crippen LogP contribution in [0.3, 0.4) is 0 Å². The van der Waals surface area contributed by atoms with Crippen molar-refractivity contribution in [3.63, 3.8) is 0 Å². The fourth-order valence-corrected chi connectivity index (χ4v) is 2.31. The first-order valence-electron chi connectivity index (χ1n) is 6.89. The summed E-state index contributed by atoms with van der Waals surface area (Å²) in [5.41, 5.74) is 1.88. The van der Waals surface area contributed by atoms with Crippen molar-refractivity contribution in [2.45, 2.75) is 6.61 Å². The summed E-state index contributed by atoms with van der Waals surface area (Å²) in [7, 11) is 4.65. The van der Waals surface area contributed by atoms with Gasteiger partial charge in [0.15, 0.2) is 11.5 Å². The molecule has 1 amide bonds. The normalized spacial score (nSPS) is 10.3. The highest BCUT2D eigenvalue weighted by atomic mass is 35.5. The summed E-state index contributed by atoms with van der Waals surface area (Å²) in [5.74, 6) is 0.718. The van der Waals surface area contributed by atoms with E-state index in [9.17, 15) is 4.79 Å². The molecule has 1 N–H and O–H groups in total. The van der Waals surface area contributed by atoms with Crippen molar-refractivity contribution in [3.05, 3.63) is 52.5 Å².